The Morgan fingerprint density at radius 3 is 2.38 bits per heavy atom. The monoisotopic (exact) mass is 396 g/mol. The number of rotatable bonds is 4. The fourth-order valence-electron chi connectivity index (χ4n) is 9.62. The highest BCUT2D eigenvalue weighted by molar-refractivity contribution is 5.91. The summed E-state index contributed by atoms with van der Waals surface area (Å²) in [5, 5.41) is 0. The molecule has 2 unspecified atom stereocenters. The van der Waals surface area contributed by atoms with Gasteiger partial charge in [0, 0.05) is 11.8 Å². The number of carbonyl (C=O) groups excluding carboxylic acids is 1. The van der Waals surface area contributed by atoms with Gasteiger partial charge in [-0.25, -0.2) is 0 Å². The molecule has 5 aliphatic carbocycles. The van der Waals surface area contributed by atoms with E-state index in [2.05, 4.69) is 53.7 Å². The molecule has 0 amide bonds. The fourth-order valence-corrected chi connectivity index (χ4v) is 9.62. The molecule has 1 heteroatoms. The van der Waals surface area contributed by atoms with Crippen molar-refractivity contribution in [3.63, 3.8) is 0 Å². The van der Waals surface area contributed by atoms with E-state index in [0.717, 1.165) is 36.0 Å². The second kappa shape index (κ2) is 6.46. The molecular formula is C28H44O. The zero-order valence-electron chi connectivity index (χ0n) is 19.8. The molecule has 10 atom stereocenters. The van der Waals surface area contributed by atoms with Crippen LogP contribution in [0.5, 0.6) is 0 Å². The van der Waals surface area contributed by atoms with Crippen LogP contribution in [0.2, 0.25) is 0 Å². The summed E-state index contributed by atoms with van der Waals surface area (Å²) in [5.41, 5.74) is 0.937. The Morgan fingerprint density at radius 2 is 1.69 bits per heavy atom. The van der Waals surface area contributed by atoms with Crippen molar-refractivity contribution in [3.8, 4) is 0 Å². The minimum atomic E-state index is 0.142. The smallest absolute Gasteiger partial charge is 0.140 e. The van der Waals surface area contributed by atoms with Crippen molar-refractivity contribution in [1.29, 1.82) is 0 Å². The molecule has 0 heterocycles. The third-order valence-electron chi connectivity index (χ3n) is 11.8. The lowest BCUT2D eigenvalue weighted by Gasteiger charge is -2.58. The van der Waals surface area contributed by atoms with E-state index < -0.39 is 0 Å². The van der Waals surface area contributed by atoms with E-state index in [1.807, 2.05) is 0 Å². The van der Waals surface area contributed by atoms with Gasteiger partial charge in [0.1, 0.15) is 5.78 Å². The number of allylic oxidation sites excluding steroid dienone is 2. The van der Waals surface area contributed by atoms with Gasteiger partial charge in [0.05, 0.1) is 0 Å². The molecule has 0 radical (unpaired) electrons. The minimum Gasteiger partial charge on any atom is -0.299 e. The van der Waals surface area contributed by atoms with Crippen molar-refractivity contribution < 1.29 is 4.79 Å². The molecule has 5 rings (SSSR count). The Balaban J connectivity index is 1.38. The molecule has 0 bridgehead atoms. The Morgan fingerprint density at radius 1 is 0.931 bits per heavy atom. The summed E-state index contributed by atoms with van der Waals surface area (Å²) in [5.74, 6) is 6.63. The Kier molecular flexibility index (Phi) is 4.53. The lowest BCUT2D eigenvalue weighted by molar-refractivity contribution is -0.151. The molecule has 0 N–H and O–H groups in total. The number of carbonyl (C=O) groups is 1. The normalized spacial score (nSPS) is 52.8. The summed E-state index contributed by atoms with van der Waals surface area (Å²) in [6.07, 6.45) is 15.4. The summed E-state index contributed by atoms with van der Waals surface area (Å²) in [6, 6.07) is 0. The van der Waals surface area contributed by atoms with E-state index in [1.54, 1.807) is 0 Å². The van der Waals surface area contributed by atoms with Gasteiger partial charge in [-0.15, -0.1) is 0 Å². The maximum atomic E-state index is 13.4. The number of ketones is 1. The van der Waals surface area contributed by atoms with Gasteiger partial charge in [-0.1, -0.05) is 53.7 Å². The van der Waals surface area contributed by atoms with E-state index in [-0.39, 0.29) is 5.41 Å². The second-order valence-electron chi connectivity index (χ2n) is 12.9. The topological polar surface area (TPSA) is 17.1 Å². The number of hydrogen-bond acceptors (Lipinski definition) is 1. The zero-order chi connectivity index (χ0) is 20.8. The van der Waals surface area contributed by atoms with Crippen molar-refractivity contribution in [2.24, 2.45) is 63.6 Å². The van der Waals surface area contributed by atoms with E-state index in [9.17, 15) is 4.79 Å². The highest BCUT2D eigenvalue weighted by atomic mass is 16.1. The van der Waals surface area contributed by atoms with E-state index in [0.29, 0.717) is 34.4 Å². The first-order valence-electron chi connectivity index (χ1n) is 12.9. The van der Waals surface area contributed by atoms with E-state index in [1.165, 1.54) is 44.9 Å². The SMILES string of the molecule is CC(C)[C@@H](C)C=C[C@@H](C)[C@H]1CC[C@@H]2[C@@H]3CC(=O)C45CC4CC[C@]5(C)[C@H]3CC[C@@]21C. The maximum absolute atomic E-state index is 13.4. The van der Waals surface area contributed by atoms with Gasteiger partial charge >= 0.3 is 0 Å². The van der Waals surface area contributed by atoms with E-state index in [4.69, 9.17) is 0 Å². The molecule has 5 fully saturated rings. The van der Waals surface area contributed by atoms with E-state index >= 15 is 0 Å². The molecule has 1 spiro atoms. The van der Waals surface area contributed by atoms with Crippen molar-refractivity contribution in [2.45, 2.75) is 92.9 Å². The van der Waals surface area contributed by atoms with Crippen molar-refractivity contribution in [2.75, 3.05) is 0 Å². The standard InChI is InChI=1S/C28H44O/c1-17(2)18(3)7-8-19(4)22-9-10-23-21-15-25(29)28-16-20(28)11-14-27(28,6)24(21)12-13-26(22,23)5/h7-8,17-24H,9-16H2,1-6H3/t18-,19+,20?,21-,22+,23+,24-,26+,27+,28?/m0/s1. The number of fused-ring (bicyclic) bond motifs is 4. The average molecular weight is 397 g/mol. The summed E-state index contributed by atoms with van der Waals surface area (Å²) < 4.78 is 0. The van der Waals surface area contributed by atoms with Crippen LogP contribution >= 0.6 is 0 Å². The third-order valence-corrected chi connectivity index (χ3v) is 11.8. The summed E-state index contributed by atoms with van der Waals surface area (Å²) in [6.45, 7) is 14.6. The molecule has 0 aromatic heterocycles. The lowest BCUT2D eigenvalue weighted by atomic mass is 9.45. The van der Waals surface area contributed by atoms with Gasteiger partial charge < -0.3 is 0 Å². The van der Waals surface area contributed by atoms with Crippen LogP contribution in [-0.4, -0.2) is 5.78 Å². The third kappa shape index (κ3) is 2.54. The van der Waals surface area contributed by atoms with Crippen LogP contribution in [0.4, 0.5) is 0 Å². The number of hydrogen-bond donors (Lipinski definition) is 0. The maximum Gasteiger partial charge on any atom is 0.140 e. The predicted molar refractivity (Wildman–Crippen MR) is 120 cm³/mol. The molecule has 1 nitrogen and oxygen atoms in total. The summed E-state index contributed by atoms with van der Waals surface area (Å²) >= 11 is 0. The van der Waals surface area contributed by atoms with Crippen molar-refractivity contribution in [1.82, 2.24) is 0 Å². The summed E-state index contributed by atoms with van der Waals surface area (Å²) in [7, 11) is 0. The zero-order valence-corrected chi connectivity index (χ0v) is 19.8. The van der Waals surface area contributed by atoms with Crippen LogP contribution in [0.25, 0.3) is 0 Å². The highest BCUT2D eigenvalue weighted by Crippen LogP contribution is 2.80. The highest BCUT2D eigenvalue weighted by Gasteiger charge is 2.77. The second-order valence-corrected chi connectivity index (χ2v) is 12.9. The van der Waals surface area contributed by atoms with Crippen LogP contribution in [0.15, 0.2) is 12.2 Å². The molecule has 5 saturated carbocycles. The van der Waals surface area contributed by atoms with Crippen LogP contribution in [0.3, 0.4) is 0 Å². The van der Waals surface area contributed by atoms with Crippen LogP contribution in [0.1, 0.15) is 92.9 Å². The van der Waals surface area contributed by atoms with Gasteiger partial charge in [-0.2, -0.15) is 0 Å². The Labute approximate surface area is 179 Å². The van der Waals surface area contributed by atoms with Gasteiger partial charge in [-0.3, -0.25) is 4.79 Å². The Bertz CT molecular complexity index is 720. The molecule has 162 valence electrons. The molecule has 0 saturated heterocycles. The van der Waals surface area contributed by atoms with Gasteiger partial charge in [0.15, 0.2) is 0 Å². The lowest BCUT2D eigenvalue weighted by Crippen LogP contribution is -2.55. The van der Waals surface area contributed by atoms with Gasteiger partial charge in [0.25, 0.3) is 0 Å². The fraction of sp³-hybridized carbons (Fsp3) is 0.893. The van der Waals surface area contributed by atoms with Crippen LogP contribution < -0.4 is 0 Å². The van der Waals surface area contributed by atoms with Gasteiger partial charge in [-0.05, 0) is 103 Å². The first-order valence-corrected chi connectivity index (χ1v) is 12.9. The van der Waals surface area contributed by atoms with Crippen molar-refractivity contribution in [3.05, 3.63) is 12.2 Å². The summed E-state index contributed by atoms with van der Waals surface area (Å²) in [4.78, 5) is 13.4. The molecule has 29 heavy (non-hydrogen) atoms. The van der Waals surface area contributed by atoms with Crippen LogP contribution in [0, 0.1) is 63.6 Å². The largest absolute Gasteiger partial charge is 0.299 e. The first-order chi connectivity index (χ1) is 13.6. The average Bonchev–Trinajstić information content (AvgIpc) is 3.20. The molecule has 0 aromatic carbocycles. The molecular weight excluding hydrogens is 352 g/mol. The Hall–Kier alpha value is -0.590. The number of Topliss-reactive ketones (excluding diaryl/α,β-unsaturated/α-hetero) is 1. The predicted octanol–water partition coefficient (Wildman–Crippen LogP) is 7.31. The minimum absolute atomic E-state index is 0.142. The molecule has 0 aliphatic heterocycles. The molecule has 5 aliphatic rings. The van der Waals surface area contributed by atoms with Crippen LogP contribution in [-0.2, 0) is 4.79 Å². The first kappa shape index (κ1) is 20.3. The molecule has 0 aromatic rings. The quantitative estimate of drug-likeness (QED) is 0.455. The van der Waals surface area contributed by atoms with Crippen molar-refractivity contribution >= 4 is 5.78 Å². The van der Waals surface area contributed by atoms with Gasteiger partial charge in [0.2, 0.25) is 0 Å².